The summed E-state index contributed by atoms with van der Waals surface area (Å²) >= 11 is 0. The van der Waals surface area contributed by atoms with E-state index in [2.05, 4.69) is 0 Å². The largest absolute Gasteiger partial charge is 0.394 e. The van der Waals surface area contributed by atoms with Gasteiger partial charge in [-0.3, -0.25) is 0 Å². The van der Waals surface area contributed by atoms with Crippen LogP contribution < -0.4 is 4.90 Å². The molecule has 2 unspecified atom stereocenters. The third-order valence-electron chi connectivity index (χ3n) is 2.74. The van der Waals surface area contributed by atoms with Gasteiger partial charge in [0.25, 0.3) is 0 Å². The molecular formula is C14H23NO4. The van der Waals surface area contributed by atoms with Crippen LogP contribution in [0.15, 0.2) is 30.3 Å². The van der Waals surface area contributed by atoms with Crippen LogP contribution in [0.3, 0.4) is 0 Å². The highest BCUT2D eigenvalue weighted by Crippen LogP contribution is 2.20. The molecule has 0 aromatic heterocycles. The van der Waals surface area contributed by atoms with E-state index in [1.54, 1.807) is 0 Å². The van der Waals surface area contributed by atoms with Crippen LogP contribution in [0.4, 0.5) is 5.69 Å². The number of rotatable bonds is 9. The minimum Gasteiger partial charge on any atom is -0.394 e. The minimum absolute atomic E-state index is 0.0150. The summed E-state index contributed by atoms with van der Waals surface area (Å²) in [7, 11) is 0. The molecule has 0 bridgehead atoms. The molecule has 1 rings (SSSR count). The van der Waals surface area contributed by atoms with Crippen LogP contribution in [0.2, 0.25) is 0 Å². The van der Waals surface area contributed by atoms with E-state index in [1.807, 2.05) is 49.1 Å². The third-order valence-corrected chi connectivity index (χ3v) is 2.74. The number of hydrogen-bond donors (Lipinski definition) is 2. The first-order chi connectivity index (χ1) is 9.20. The van der Waals surface area contributed by atoms with Crippen LogP contribution >= 0.6 is 0 Å². The van der Waals surface area contributed by atoms with Crippen LogP contribution in [0.25, 0.3) is 0 Å². The fraction of sp³-hybridized carbons (Fsp3) is 0.571. The maximum atomic E-state index is 8.84. The van der Waals surface area contributed by atoms with E-state index >= 15 is 0 Å². The minimum atomic E-state index is -0.233. The topological polar surface area (TPSA) is 62.2 Å². The van der Waals surface area contributed by atoms with Gasteiger partial charge in [0.2, 0.25) is 0 Å². The second-order valence-electron chi connectivity index (χ2n) is 4.13. The van der Waals surface area contributed by atoms with Crippen molar-refractivity contribution in [2.75, 3.05) is 31.3 Å². The Morgan fingerprint density at radius 2 is 1.42 bits per heavy atom. The highest BCUT2D eigenvalue weighted by atomic mass is 16.5. The SMILES string of the molecule is CC(OCCO)N(c1ccccc1)C(C)OCCO. The van der Waals surface area contributed by atoms with Crippen molar-refractivity contribution in [3.63, 3.8) is 0 Å². The Morgan fingerprint density at radius 1 is 0.947 bits per heavy atom. The molecule has 1 aromatic carbocycles. The standard InChI is InChI=1S/C14H23NO4/c1-12(18-10-8-16)15(13(2)19-11-9-17)14-6-4-3-5-7-14/h3-7,12-13,16-17H,8-11H2,1-2H3. The maximum absolute atomic E-state index is 8.84. The summed E-state index contributed by atoms with van der Waals surface area (Å²) in [5.41, 5.74) is 0.971. The van der Waals surface area contributed by atoms with Crippen molar-refractivity contribution in [2.45, 2.75) is 26.3 Å². The molecule has 0 radical (unpaired) electrons. The van der Waals surface area contributed by atoms with Crippen molar-refractivity contribution >= 4 is 5.69 Å². The van der Waals surface area contributed by atoms with Crippen LogP contribution in [-0.2, 0) is 9.47 Å². The highest BCUT2D eigenvalue weighted by molar-refractivity contribution is 5.46. The van der Waals surface area contributed by atoms with E-state index in [0.717, 1.165) is 5.69 Å². The first-order valence-electron chi connectivity index (χ1n) is 6.49. The van der Waals surface area contributed by atoms with Crippen molar-refractivity contribution < 1.29 is 19.7 Å². The van der Waals surface area contributed by atoms with Gasteiger partial charge < -0.3 is 24.6 Å². The zero-order chi connectivity index (χ0) is 14.1. The van der Waals surface area contributed by atoms with Crippen molar-refractivity contribution in [3.05, 3.63) is 30.3 Å². The molecule has 0 spiro atoms. The first-order valence-corrected chi connectivity index (χ1v) is 6.49. The number of aliphatic hydroxyl groups is 2. The molecule has 0 aliphatic carbocycles. The predicted molar refractivity (Wildman–Crippen MR) is 73.9 cm³/mol. The van der Waals surface area contributed by atoms with Crippen molar-refractivity contribution in [1.29, 1.82) is 0 Å². The van der Waals surface area contributed by atoms with Gasteiger partial charge in [-0.1, -0.05) is 18.2 Å². The molecule has 108 valence electrons. The molecule has 19 heavy (non-hydrogen) atoms. The van der Waals surface area contributed by atoms with Gasteiger partial charge >= 0.3 is 0 Å². The summed E-state index contributed by atoms with van der Waals surface area (Å²) < 4.78 is 11.1. The molecule has 0 heterocycles. The highest BCUT2D eigenvalue weighted by Gasteiger charge is 2.21. The van der Waals surface area contributed by atoms with Gasteiger partial charge in [0.05, 0.1) is 26.4 Å². The van der Waals surface area contributed by atoms with Gasteiger partial charge in [-0.2, -0.15) is 0 Å². The average molecular weight is 269 g/mol. The molecule has 5 nitrogen and oxygen atoms in total. The van der Waals surface area contributed by atoms with Gasteiger partial charge in [-0.25, -0.2) is 0 Å². The maximum Gasteiger partial charge on any atom is 0.129 e. The summed E-state index contributed by atoms with van der Waals surface area (Å²) in [4.78, 5) is 1.96. The molecular weight excluding hydrogens is 246 g/mol. The molecule has 0 saturated heterocycles. The number of hydrogen-bond acceptors (Lipinski definition) is 5. The van der Waals surface area contributed by atoms with E-state index in [-0.39, 0.29) is 38.9 Å². The predicted octanol–water partition coefficient (Wildman–Crippen LogP) is 1.20. The first kappa shape index (κ1) is 15.9. The van der Waals surface area contributed by atoms with Crippen molar-refractivity contribution in [3.8, 4) is 0 Å². The molecule has 0 aliphatic rings. The number of nitrogens with zero attached hydrogens (tertiary/aromatic N) is 1. The molecule has 1 aromatic rings. The molecule has 2 N–H and O–H groups in total. The second-order valence-corrected chi connectivity index (χ2v) is 4.13. The molecule has 0 fully saturated rings. The second kappa shape index (κ2) is 8.87. The molecule has 0 saturated carbocycles. The Labute approximate surface area is 114 Å². The lowest BCUT2D eigenvalue weighted by Gasteiger charge is -2.35. The van der Waals surface area contributed by atoms with E-state index in [1.165, 1.54) is 0 Å². The van der Waals surface area contributed by atoms with Gasteiger partial charge in [-0.05, 0) is 26.0 Å². The van der Waals surface area contributed by atoms with Crippen LogP contribution in [0.5, 0.6) is 0 Å². The number of anilines is 1. The Bertz CT molecular complexity index is 319. The lowest BCUT2D eigenvalue weighted by atomic mass is 10.2. The molecule has 5 heteroatoms. The molecule has 2 atom stereocenters. The normalized spacial score (nSPS) is 14.1. The number of benzene rings is 1. The van der Waals surface area contributed by atoms with Gasteiger partial charge in [0.15, 0.2) is 0 Å². The van der Waals surface area contributed by atoms with E-state index in [9.17, 15) is 0 Å². The van der Waals surface area contributed by atoms with E-state index < -0.39 is 0 Å². The van der Waals surface area contributed by atoms with Crippen LogP contribution in [-0.4, -0.2) is 49.1 Å². The zero-order valence-electron chi connectivity index (χ0n) is 11.5. The average Bonchev–Trinajstić information content (AvgIpc) is 2.44. The smallest absolute Gasteiger partial charge is 0.129 e. The Kier molecular flexibility index (Phi) is 7.43. The molecule has 0 aliphatic heterocycles. The van der Waals surface area contributed by atoms with Crippen LogP contribution in [0, 0.1) is 0 Å². The molecule has 0 amide bonds. The lowest BCUT2D eigenvalue weighted by molar-refractivity contribution is -0.0173. The Morgan fingerprint density at radius 3 is 1.84 bits per heavy atom. The Balaban J connectivity index is 2.78. The fourth-order valence-electron chi connectivity index (χ4n) is 1.92. The van der Waals surface area contributed by atoms with Gasteiger partial charge in [0, 0.05) is 5.69 Å². The summed E-state index contributed by atoms with van der Waals surface area (Å²) in [5, 5.41) is 17.7. The monoisotopic (exact) mass is 269 g/mol. The van der Waals surface area contributed by atoms with Crippen molar-refractivity contribution in [2.24, 2.45) is 0 Å². The number of aliphatic hydroxyl groups excluding tert-OH is 2. The zero-order valence-corrected chi connectivity index (χ0v) is 11.5. The quantitative estimate of drug-likeness (QED) is 0.660. The summed E-state index contributed by atoms with van der Waals surface area (Å²) in [6.45, 7) is 4.33. The Hall–Kier alpha value is -1.14. The van der Waals surface area contributed by atoms with Gasteiger partial charge in [0.1, 0.15) is 12.5 Å². The number of ether oxygens (including phenoxy) is 2. The van der Waals surface area contributed by atoms with Crippen molar-refractivity contribution in [1.82, 2.24) is 0 Å². The van der Waals surface area contributed by atoms with E-state index in [0.29, 0.717) is 0 Å². The summed E-state index contributed by atoms with van der Waals surface area (Å²) in [6, 6.07) is 9.77. The summed E-state index contributed by atoms with van der Waals surface area (Å²) in [6.07, 6.45) is -0.466. The van der Waals surface area contributed by atoms with Crippen LogP contribution in [0.1, 0.15) is 13.8 Å². The fourth-order valence-corrected chi connectivity index (χ4v) is 1.92. The van der Waals surface area contributed by atoms with Gasteiger partial charge in [-0.15, -0.1) is 0 Å². The third kappa shape index (κ3) is 5.16. The summed E-state index contributed by atoms with van der Waals surface area (Å²) in [5.74, 6) is 0. The number of para-hydroxylation sites is 1. The lowest BCUT2D eigenvalue weighted by Crippen LogP contribution is -2.44. The van der Waals surface area contributed by atoms with E-state index in [4.69, 9.17) is 19.7 Å².